The molecule has 3 rings (SSSR count). The highest BCUT2D eigenvalue weighted by Crippen LogP contribution is 2.37. The SMILES string of the molecule is O=C(O)CCCc1ccc2c(c1)ncn2C1CC1. The molecule has 18 heavy (non-hydrogen) atoms. The van der Waals surface area contributed by atoms with Gasteiger partial charge in [0, 0.05) is 12.5 Å². The summed E-state index contributed by atoms with van der Waals surface area (Å²) in [4.78, 5) is 14.9. The second-order valence-corrected chi connectivity index (χ2v) is 4.95. The van der Waals surface area contributed by atoms with E-state index in [0.29, 0.717) is 12.5 Å². The quantitative estimate of drug-likeness (QED) is 0.879. The number of nitrogens with zero attached hydrogens (tertiary/aromatic N) is 2. The summed E-state index contributed by atoms with van der Waals surface area (Å²) >= 11 is 0. The maximum atomic E-state index is 10.5. The number of imidazole rings is 1. The Hall–Kier alpha value is -1.84. The Morgan fingerprint density at radius 1 is 1.44 bits per heavy atom. The summed E-state index contributed by atoms with van der Waals surface area (Å²) in [5, 5.41) is 8.62. The number of hydrogen-bond acceptors (Lipinski definition) is 2. The lowest BCUT2D eigenvalue weighted by Gasteiger charge is -2.03. The van der Waals surface area contributed by atoms with E-state index in [1.165, 1.54) is 23.9 Å². The Morgan fingerprint density at radius 2 is 2.28 bits per heavy atom. The van der Waals surface area contributed by atoms with Crippen LogP contribution in [0.2, 0.25) is 0 Å². The molecule has 1 aliphatic carbocycles. The third-order valence-electron chi connectivity index (χ3n) is 3.44. The molecule has 0 saturated heterocycles. The van der Waals surface area contributed by atoms with Crippen LogP contribution in [0.3, 0.4) is 0 Å². The predicted octanol–water partition coefficient (Wildman–Crippen LogP) is 2.78. The largest absolute Gasteiger partial charge is 0.481 e. The lowest BCUT2D eigenvalue weighted by molar-refractivity contribution is -0.137. The average Bonchev–Trinajstić information content (AvgIpc) is 3.09. The molecule has 4 heteroatoms. The molecule has 1 aromatic carbocycles. The van der Waals surface area contributed by atoms with Crippen LogP contribution in [0.25, 0.3) is 11.0 Å². The first-order chi connectivity index (χ1) is 8.74. The molecule has 1 heterocycles. The zero-order valence-corrected chi connectivity index (χ0v) is 10.2. The zero-order chi connectivity index (χ0) is 12.5. The van der Waals surface area contributed by atoms with Crippen LogP contribution in [0, 0.1) is 0 Å². The molecule has 0 bridgehead atoms. The second kappa shape index (κ2) is 4.44. The van der Waals surface area contributed by atoms with Crippen molar-refractivity contribution in [3.63, 3.8) is 0 Å². The number of benzene rings is 1. The van der Waals surface area contributed by atoms with E-state index in [-0.39, 0.29) is 6.42 Å². The summed E-state index contributed by atoms with van der Waals surface area (Å²) in [5.74, 6) is -0.728. The molecule has 1 fully saturated rings. The van der Waals surface area contributed by atoms with E-state index >= 15 is 0 Å². The number of carboxylic acid groups (broad SMARTS) is 1. The zero-order valence-electron chi connectivity index (χ0n) is 10.2. The highest BCUT2D eigenvalue weighted by atomic mass is 16.4. The number of aliphatic carboxylic acids is 1. The Bertz CT molecular complexity index is 584. The van der Waals surface area contributed by atoms with Gasteiger partial charge in [-0.2, -0.15) is 0 Å². The fourth-order valence-electron chi connectivity index (χ4n) is 2.32. The summed E-state index contributed by atoms with van der Waals surface area (Å²) in [7, 11) is 0. The number of carboxylic acids is 1. The molecule has 0 radical (unpaired) electrons. The predicted molar refractivity (Wildman–Crippen MR) is 68.6 cm³/mol. The molecule has 1 aromatic heterocycles. The van der Waals surface area contributed by atoms with E-state index in [9.17, 15) is 4.79 Å². The van der Waals surface area contributed by atoms with Crippen molar-refractivity contribution in [3.05, 3.63) is 30.1 Å². The van der Waals surface area contributed by atoms with Crippen LogP contribution >= 0.6 is 0 Å². The standard InChI is InChI=1S/C14H16N2O2/c17-14(18)3-1-2-10-4-7-13-12(8-10)15-9-16(13)11-5-6-11/h4,7-9,11H,1-3,5-6H2,(H,17,18). The van der Waals surface area contributed by atoms with Gasteiger partial charge < -0.3 is 9.67 Å². The van der Waals surface area contributed by atoms with E-state index in [1.54, 1.807) is 0 Å². The molecule has 1 N–H and O–H groups in total. The lowest BCUT2D eigenvalue weighted by Crippen LogP contribution is -1.96. The highest BCUT2D eigenvalue weighted by Gasteiger charge is 2.24. The molecule has 94 valence electrons. The summed E-state index contributed by atoms with van der Waals surface area (Å²) in [5.41, 5.74) is 3.39. The number of hydrogen-bond donors (Lipinski definition) is 1. The minimum absolute atomic E-state index is 0.231. The van der Waals surface area contributed by atoms with Crippen LogP contribution in [0.4, 0.5) is 0 Å². The van der Waals surface area contributed by atoms with Crippen LogP contribution in [0.15, 0.2) is 24.5 Å². The summed E-state index contributed by atoms with van der Waals surface area (Å²) in [6.45, 7) is 0. The first kappa shape index (κ1) is 11.3. The van der Waals surface area contributed by atoms with Gasteiger partial charge >= 0.3 is 5.97 Å². The smallest absolute Gasteiger partial charge is 0.303 e. The van der Waals surface area contributed by atoms with Gasteiger partial charge in [0.2, 0.25) is 0 Å². The third-order valence-corrected chi connectivity index (χ3v) is 3.44. The maximum Gasteiger partial charge on any atom is 0.303 e. The van der Waals surface area contributed by atoms with Crippen molar-refractivity contribution >= 4 is 17.0 Å². The van der Waals surface area contributed by atoms with Crippen molar-refractivity contribution < 1.29 is 9.90 Å². The molecule has 0 aliphatic heterocycles. The molecule has 0 atom stereocenters. The van der Waals surface area contributed by atoms with E-state index < -0.39 is 5.97 Å². The number of fused-ring (bicyclic) bond motifs is 1. The van der Waals surface area contributed by atoms with Gasteiger partial charge in [-0.15, -0.1) is 0 Å². The molecule has 2 aromatic rings. The molecular weight excluding hydrogens is 228 g/mol. The van der Waals surface area contributed by atoms with Crippen molar-refractivity contribution in [3.8, 4) is 0 Å². The van der Waals surface area contributed by atoms with Crippen LogP contribution in [0.5, 0.6) is 0 Å². The Balaban J connectivity index is 1.77. The van der Waals surface area contributed by atoms with Crippen LogP contribution in [-0.4, -0.2) is 20.6 Å². The van der Waals surface area contributed by atoms with E-state index in [1.807, 2.05) is 6.33 Å². The lowest BCUT2D eigenvalue weighted by atomic mass is 10.1. The minimum atomic E-state index is -0.728. The molecule has 0 amide bonds. The van der Waals surface area contributed by atoms with Crippen molar-refractivity contribution in [2.45, 2.75) is 38.1 Å². The monoisotopic (exact) mass is 244 g/mol. The topological polar surface area (TPSA) is 55.1 Å². The van der Waals surface area contributed by atoms with E-state index in [2.05, 4.69) is 27.8 Å². The molecular formula is C14H16N2O2. The Kier molecular flexibility index (Phi) is 2.78. The summed E-state index contributed by atoms with van der Waals surface area (Å²) in [6, 6.07) is 6.92. The second-order valence-electron chi connectivity index (χ2n) is 4.95. The molecule has 0 unspecified atom stereocenters. The van der Waals surface area contributed by atoms with Crippen molar-refractivity contribution in [1.29, 1.82) is 0 Å². The van der Waals surface area contributed by atoms with Crippen molar-refractivity contribution in [2.24, 2.45) is 0 Å². The van der Waals surface area contributed by atoms with Gasteiger partial charge in [-0.25, -0.2) is 4.98 Å². The number of carbonyl (C=O) groups is 1. The van der Waals surface area contributed by atoms with Gasteiger partial charge in [-0.05, 0) is 43.4 Å². The van der Waals surface area contributed by atoms with Gasteiger partial charge in [0.25, 0.3) is 0 Å². The molecule has 0 spiro atoms. The first-order valence-corrected chi connectivity index (χ1v) is 6.41. The summed E-state index contributed by atoms with van der Waals surface area (Å²) < 4.78 is 2.25. The fourth-order valence-corrected chi connectivity index (χ4v) is 2.32. The molecule has 4 nitrogen and oxygen atoms in total. The fraction of sp³-hybridized carbons (Fsp3) is 0.429. The highest BCUT2D eigenvalue weighted by molar-refractivity contribution is 5.76. The van der Waals surface area contributed by atoms with Crippen LogP contribution in [0.1, 0.15) is 37.3 Å². The summed E-state index contributed by atoms with van der Waals surface area (Å²) in [6.07, 6.45) is 6.15. The Labute approximate surface area is 105 Å². The van der Waals surface area contributed by atoms with E-state index in [4.69, 9.17) is 5.11 Å². The maximum absolute atomic E-state index is 10.5. The average molecular weight is 244 g/mol. The van der Waals surface area contributed by atoms with Crippen molar-refractivity contribution in [2.75, 3.05) is 0 Å². The van der Waals surface area contributed by atoms with E-state index in [0.717, 1.165) is 11.9 Å². The minimum Gasteiger partial charge on any atom is -0.481 e. The third kappa shape index (κ3) is 2.23. The first-order valence-electron chi connectivity index (χ1n) is 6.41. The van der Waals surface area contributed by atoms with Gasteiger partial charge in [-0.1, -0.05) is 6.07 Å². The van der Waals surface area contributed by atoms with Crippen LogP contribution in [-0.2, 0) is 11.2 Å². The molecule has 1 saturated carbocycles. The van der Waals surface area contributed by atoms with Gasteiger partial charge in [-0.3, -0.25) is 4.79 Å². The number of aromatic nitrogens is 2. The van der Waals surface area contributed by atoms with Gasteiger partial charge in [0.05, 0.1) is 17.4 Å². The molecule has 1 aliphatic rings. The van der Waals surface area contributed by atoms with Gasteiger partial charge in [0.1, 0.15) is 0 Å². The normalized spacial score (nSPS) is 15.1. The van der Waals surface area contributed by atoms with Crippen LogP contribution < -0.4 is 0 Å². The van der Waals surface area contributed by atoms with Crippen molar-refractivity contribution in [1.82, 2.24) is 9.55 Å². The number of rotatable bonds is 5. The van der Waals surface area contributed by atoms with Gasteiger partial charge in [0.15, 0.2) is 0 Å². The Morgan fingerprint density at radius 3 is 3.00 bits per heavy atom. The number of aryl methyl sites for hydroxylation is 1.